The highest BCUT2D eigenvalue weighted by Gasteiger charge is 2.33. The third-order valence-electron chi connectivity index (χ3n) is 10.1. The number of carbonyl (C=O) groups is 1. The highest BCUT2D eigenvalue weighted by molar-refractivity contribution is 6.53. The van der Waals surface area contributed by atoms with Crippen molar-refractivity contribution in [3.05, 3.63) is 150 Å². The lowest BCUT2D eigenvalue weighted by Crippen LogP contribution is -2.27. The maximum absolute atomic E-state index is 13.6. The van der Waals surface area contributed by atoms with Crippen LogP contribution < -0.4 is 10.9 Å². The van der Waals surface area contributed by atoms with E-state index in [0.717, 1.165) is 38.4 Å². The molecule has 8 rings (SSSR count). The van der Waals surface area contributed by atoms with Gasteiger partial charge in [-0.1, -0.05) is 138 Å². The fraction of sp³-hybridized carbons (Fsp3) is 0.0217. The van der Waals surface area contributed by atoms with E-state index >= 15 is 0 Å². The van der Waals surface area contributed by atoms with Crippen LogP contribution in [0.1, 0.15) is 22.8 Å². The smallest absolute Gasteiger partial charge is 0.337 e. The van der Waals surface area contributed by atoms with E-state index < -0.39 is 34.6 Å². The van der Waals surface area contributed by atoms with Gasteiger partial charge >= 0.3 is 5.97 Å². The summed E-state index contributed by atoms with van der Waals surface area (Å²) in [6.07, 6.45) is 0. The standard InChI is InChI=1S/C46H30B2O6/c1-24(49)43(50)39-36(34-22-21-31(27-10-3-2-4-11-27)32-13-7-8-14-33(32)34)38-37(44(51)41(47)42(48)45(38)52)35(40(39)46(53)54)28-18-15-26(16-19-28)30-20-17-25-9-5-6-12-29(25)23-30/h2-23,49-52H,1H3,(H,53,54)/b43-24-. The van der Waals surface area contributed by atoms with Crippen molar-refractivity contribution in [2.45, 2.75) is 6.92 Å². The van der Waals surface area contributed by atoms with Gasteiger partial charge in [0.25, 0.3) is 0 Å². The fourth-order valence-corrected chi connectivity index (χ4v) is 7.52. The number of phenols is 2. The van der Waals surface area contributed by atoms with Crippen molar-refractivity contribution >= 4 is 70.7 Å². The molecule has 6 nitrogen and oxygen atoms in total. The maximum Gasteiger partial charge on any atom is 0.337 e. The summed E-state index contributed by atoms with van der Waals surface area (Å²) < 4.78 is 0. The lowest BCUT2D eigenvalue weighted by molar-refractivity contribution is 0.0697. The normalized spacial score (nSPS) is 11.9. The SMILES string of the molecule is [B]c1c([B])c(O)c2c(-c3ccc(-c4ccccc4)c4ccccc34)c(/C(O)=C(\C)O)c(C(=O)O)c(-c3ccc(-c4ccc5ccccc5c4)cc3)c2c1O. The van der Waals surface area contributed by atoms with E-state index in [2.05, 4.69) is 6.07 Å². The fourth-order valence-electron chi connectivity index (χ4n) is 7.52. The second kappa shape index (κ2) is 13.2. The van der Waals surface area contributed by atoms with Crippen LogP contribution in [0.4, 0.5) is 0 Å². The molecule has 0 spiro atoms. The van der Waals surface area contributed by atoms with Crippen LogP contribution in [-0.4, -0.2) is 47.2 Å². The van der Waals surface area contributed by atoms with Gasteiger partial charge in [-0.2, -0.15) is 0 Å². The minimum atomic E-state index is -1.46. The zero-order chi connectivity index (χ0) is 37.8. The zero-order valence-electron chi connectivity index (χ0n) is 29.0. The number of hydrogen-bond acceptors (Lipinski definition) is 5. The highest BCUT2D eigenvalue weighted by Crippen LogP contribution is 2.51. The van der Waals surface area contributed by atoms with Crippen LogP contribution >= 0.6 is 0 Å². The molecule has 0 atom stereocenters. The first-order valence-electron chi connectivity index (χ1n) is 17.2. The molecule has 0 heterocycles. The number of aromatic hydroxyl groups is 2. The molecule has 0 fully saturated rings. The van der Waals surface area contributed by atoms with Gasteiger partial charge in [-0.15, -0.1) is 0 Å². The number of fused-ring (bicyclic) bond motifs is 3. The first-order valence-corrected chi connectivity index (χ1v) is 17.2. The second-order valence-corrected chi connectivity index (χ2v) is 13.2. The average molecular weight is 700 g/mol. The third-order valence-corrected chi connectivity index (χ3v) is 10.1. The summed E-state index contributed by atoms with van der Waals surface area (Å²) >= 11 is 0. The summed E-state index contributed by atoms with van der Waals surface area (Å²) in [5.41, 5.74) is 2.93. The van der Waals surface area contributed by atoms with Gasteiger partial charge in [0.2, 0.25) is 0 Å². The van der Waals surface area contributed by atoms with Crippen LogP contribution in [0.3, 0.4) is 0 Å². The van der Waals surface area contributed by atoms with Crippen LogP contribution in [0.15, 0.2) is 139 Å². The molecular weight excluding hydrogens is 670 g/mol. The Bertz CT molecular complexity index is 2860. The van der Waals surface area contributed by atoms with E-state index in [-0.39, 0.29) is 38.4 Å². The summed E-state index contributed by atoms with van der Waals surface area (Å²) in [6, 6.07) is 41.9. The summed E-state index contributed by atoms with van der Waals surface area (Å²) in [7, 11) is 12.6. The lowest BCUT2D eigenvalue weighted by Gasteiger charge is -2.25. The lowest BCUT2D eigenvalue weighted by atomic mass is 9.73. The highest BCUT2D eigenvalue weighted by atomic mass is 16.4. The molecule has 0 aromatic heterocycles. The number of hydrogen-bond donors (Lipinski definition) is 5. The van der Waals surface area contributed by atoms with Gasteiger partial charge in [0.05, 0.1) is 5.56 Å². The second-order valence-electron chi connectivity index (χ2n) is 13.2. The molecule has 5 N–H and O–H groups in total. The topological polar surface area (TPSA) is 118 Å². The molecule has 0 amide bonds. The molecule has 8 heteroatoms. The summed E-state index contributed by atoms with van der Waals surface area (Å²) in [5.74, 6) is -3.83. The van der Waals surface area contributed by atoms with Crippen molar-refractivity contribution in [2.24, 2.45) is 0 Å². The molecule has 0 saturated heterocycles. The Morgan fingerprint density at radius 1 is 0.500 bits per heavy atom. The molecular formula is C46H30B2O6. The van der Waals surface area contributed by atoms with E-state index in [1.54, 1.807) is 18.2 Å². The molecule has 4 radical (unpaired) electrons. The zero-order valence-corrected chi connectivity index (χ0v) is 29.0. The molecule has 0 aliphatic rings. The number of allylic oxidation sites excluding steroid dienone is 1. The van der Waals surface area contributed by atoms with E-state index in [4.69, 9.17) is 15.7 Å². The Morgan fingerprint density at radius 3 is 1.65 bits per heavy atom. The molecule has 256 valence electrons. The number of aromatic carboxylic acids is 1. The van der Waals surface area contributed by atoms with Crippen molar-refractivity contribution in [2.75, 3.05) is 0 Å². The van der Waals surface area contributed by atoms with Crippen LogP contribution in [0.25, 0.3) is 82.6 Å². The first-order chi connectivity index (χ1) is 26.1. The van der Waals surface area contributed by atoms with Crippen molar-refractivity contribution < 1.29 is 30.3 Å². The molecule has 0 unspecified atom stereocenters. The molecule has 0 bridgehead atoms. The Balaban J connectivity index is 1.50. The maximum atomic E-state index is 13.6. The quantitative estimate of drug-likeness (QED) is 0.0671. The van der Waals surface area contributed by atoms with Gasteiger partial charge in [0.15, 0.2) is 5.76 Å². The number of phenolic OH excluding ortho intramolecular Hbond substituents is 2. The van der Waals surface area contributed by atoms with E-state index in [9.17, 15) is 30.3 Å². The van der Waals surface area contributed by atoms with Crippen molar-refractivity contribution in [1.82, 2.24) is 0 Å². The van der Waals surface area contributed by atoms with Crippen LogP contribution in [0.5, 0.6) is 11.5 Å². The van der Waals surface area contributed by atoms with Gasteiger partial charge in [-0.3, -0.25) is 0 Å². The minimum absolute atomic E-state index is 0.0279. The van der Waals surface area contributed by atoms with Gasteiger partial charge in [-0.25, -0.2) is 4.79 Å². The van der Waals surface area contributed by atoms with Crippen LogP contribution in [-0.2, 0) is 0 Å². The monoisotopic (exact) mass is 700 g/mol. The summed E-state index contributed by atoms with van der Waals surface area (Å²) in [4.78, 5) is 13.6. The number of carboxylic acids is 1. The van der Waals surface area contributed by atoms with Gasteiger partial charge in [0, 0.05) is 27.5 Å². The van der Waals surface area contributed by atoms with Crippen molar-refractivity contribution in [3.63, 3.8) is 0 Å². The Hall–Kier alpha value is -6.92. The number of aliphatic hydroxyl groups is 2. The molecule has 8 aromatic carbocycles. The molecule has 0 saturated carbocycles. The minimum Gasteiger partial charge on any atom is -0.509 e. The Kier molecular flexibility index (Phi) is 8.38. The Morgan fingerprint density at radius 2 is 1.02 bits per heavy atom. The van der Waals surface area contributed by atoms with Gasteiger partial charge < -0.3 is 25.5 Å². The van der Waals surface area contributed by atoms with Gasteiger partial charge in [0.1, 0.15) is 33.0 Å². The van der Waals surface area contributed by atoms with Crippen molar-refractivity contribution in [1.29, 1.82) is 0 Å². The number of benzene rings is 8. The largest absolute Gasteiger partial charge is 0.509 e. The predicted octanol–water partition coefficient (Wildman–Crippen LogP) is 9.32. The summed E-state index contributed by atoms with van der Waals surface area (Å²) in [5, 5.41) is 60.8. The van der Waals surface area contributed by atoms with E-state index in [1.807, 2.05) is 109 Å². The third kappa shape index (κ3) is 5.42. The molecule has 54 heavy (non-hydrogen) atoms. The van der Waals surface area contributed by atoms with Gasteiger partial charge in [-0.05, 0) is 67.9 Å². The van der Waals surface area contributed by atoms with Crippen molar-refractivity contribution in [3.8, 4) is 56.0 Å². The van der Waals surface area contributed by atoms with E-state index in [1.165, 1.54) is 6.92 Å². The molecule has 0 aliphatic carbocycles. The van der Waals surface area contributed by atoms with E-state index in [0.29, 0.717) is 16.5 Å². The predicted molar refractivity (Wildman–Crippen MR) is 220 cm³/mol. The first kappa shape index (κ1) is 34.2. The van der Waals surface area contributed by atoms with Crippen LogP contribution in [0.2, 0.25) is 0 Å². The number of rotatable bonds is 6. The molecule has 0 aliphatic heterocycles. The summed E-state index contributed by atoms with van der Waals surface area (Å²) in [6.45, 7) is 1.23. The number of carboxylic acid groups (broad SMARTS) is 1. The Labute approximate surface area is 313 Å². The average Bonchev–Trinajstić information content (AvgIpc) is 3.20. The number of aliphatic hydroxyl groups excluding tert-OH is 2. The molecule has 8 aromatic rings. The van der Waals surface area contributed by atoms with Crippen LogP contribution in [0, 0.1) is 0 Å².